The van der Waals surface area contributed by atoms with Crippen molar-refractivity contribution in [1.29, 1.82) is 0 Å². The normalized spacial score (nSPS) is 12.2. The Morgan fingerprint density at radius 1 is 0.969 bits per heavy atom. The van der Waals surface area contributed by atoms with Gasteiger partial charge >= 0.3 is 6.18 Å². The molecule has 0 aliphatic heterocycles. The molecule has 0 radical (unpaired) electrons. The van der Waals surface area contributed by atoms with E-state index in [1.807, 2.05) is 0 Å². The van der Waals surface area contributed by atoms with Crippen LogP contribution in [0.4, 0.5) is 13.2 Å². The Hall–Kier alpha value is -3.46. The van der Waals surface area contributed by atoms with Crippen molar-refractivity contribution in [3.05, 3.63) is 82.9 Å². The summed E-state index contributed by atoms with van der Waals surface area (Å²) in [5.74, 6) is -0.122. The zero-order valence-electron chi connectivity index (χ0n) is 16.8. The minimum atomic E-state index is -4.55. The molecule has 0 spiro atoms. The van der Waals surface area contributed by atoms with Gasteiger partial charge in [-0.25, -0.2) is 8.42 Å². The summed E-state index contributed by atoms with van der Waals surface area (Å²) in [6.07, 6.45) is -2.09. The third-order valence-corrected chi connectivity index (χ3v) is 6.89. The van der Waals surface area contributed by atoms with Crippen molar-refractivity contribution >= 4 is 20.7 Å². The molecule has 4 rings (SSSR count). The predicted octanol–water partition coefficient (Wildman–Crippen LogP) is 5.07. The average molecular weight is 458 g/mol. The highest BCUT2D eigenvalue weighted by atomic mass is 32.2. The summed E-state index contributed by atoms with van der Waals surface area (Å²) in [6.45, 7) is 1.50. The molecule has 2 aromatic heterocycles. The van der Waals surface area contributed by atoms with Gasteiger partial charge < -0.3 is 4.98 Å². The fourth-order valence-corrected chi connectivity index (χ4v) is 4.40. The Bertz CT molecular complexity index is 1490. The van der Waals surface area contributed by atoms with E-state index in [9.17, 15) is 26.4 Å². The number of benzene rings is 2. The molecule has 0 aliphatic carbocycles. The zero-order chi connectivity index (χ0) is 23.1. The topological polar surface area (TPSA) is 79.9 Å². The Kier molecular flexibility index (Phi) is 5.37. The largest absolute Gasteiger partial charge is 0.418 e. The van der Waals surface area contributed by atoms with Crippen LogP contribution in [-0.2, 0) is 16.0 Å². The lowest BCUT2D eigenvalue weighted by atomic mass is 9.96. The van der Waals surface area contributed by atoms with Crippen LogP contribution in [0.5, 0.6) is 0 Å². The molecule has 2 aromatic carbocycles. The average Bonchev–Trinajstić information content (AvgIpc) is 2.78. The molecule has 0 saturated heterocycles. The van der Waals surface area contributed by atoms with Crippen molar-refractivity contribution < 1.29 is 21.6 Å². The molecule has 0 aliphatic rings. The second-order valence-corrected chi connectivity index (χ2v) is 9.40. The molecular weight excluding hydrogens is 441 g/mol. The summed E-state index contributed by atoms with van der Waals surface area (Å²) in [6, 6.07) is 13.4. The molecule has 32 heavy (non-hydrogen) atoms. The lowest BCUT2D eigenvalue weighted by molar-refractivity contribution is -0.136. The number of hydrogen-bond acceptors (Lipinski definition) is 4. The lowest BCUT2D eigenvalue weighted by Gasteiger charge is -2.13. The van der Waals surface area contributed by atoms with E-state index < -0.39 is 27.1 Å². The van der Waals surface area contributed by atoms with Crippen LogP contribution in [0.1, 0.15) is 12.5 Å². The van der Waals surface area contributed by atoms with Gasteiger partial charge in [0, 0.05) is 23.3 Å². The summed E-state index contributed by atoms with van der Waals surface area (Å²) in [5, 5.41) is 0.315. The number of H-pyrrole nitrogens is 1. The number of pyridine rings is 2. The van der Waals surface area contributed by atoms with E-state index in [-0.39, 0.29) is 21.7 Å². The van der Waals surface area contributed by atoms with E-state index in [2.05, 4.69) is 9.97 Å². The van der Waals surface area contributed by atoms with Gasteiger partial charge in [-0.05, 0) is 41.0 Å². The molecule has 0 unspecified atom stereocenters. The highest BCUT2D eigenvalue weighted by Gasteiger charge is 2.33. The summed E-state index contributed by atoms with van der Waals surface area (Å²) in [4.78, 5) is 18.8. The number of fused-ring (bicyclic) bond motifs is 1. The maximum Gasteiger partial charge on any atom is 0.418 e. The summed E-state index contributed by atoms with van der Waals surface area (Å²) < 4.78 is 64.7. The minimum absolute atomic E-state index is 0.0100. The van der Waals surface area contributed by atoms with Crippen molar-refractivity contribution in [2.45, 2.75) is 18.0 Å². The van der Waals surface area contributed by atoms with Crippen molar-refractivity contribution in [1.82, 2.24) is 9.97 Å². The van der Waals surface area contributed by atoms with Crippen LogP contribution in [0.25, 0.3) is 33.2 Å². The molecule has 0 bridgehead atoms. The SMILES string of the molecule is CCS(=O)(=O)c1c[nH]c(=O)c(-c2cccc(-c3ccnc4c(C(F)(F)F)cccc34)c2)c1. The first kappa shape index (κ1) is 21.8. The molecule has 9 heteroatoms. The van der Waals surface area contributed by atoms with Crippen LogP contribution in [0.3, 0.4) is 0 Å². The number of sulfone groups is 1. The van der Waals surface area contributed by atoms with Crippen LogP contribution < -0.4 is 5.56 Å². The molecule has 5 nitrogen and oxygen atoms in total. The van der Waals surface area contributed by atoms with Crippen molar-refractivity contribution in [3.63, 3.8) is 0 Å². The number of rotatable bonds is 4. The predicted molar refractivity (Wildman–Crippen MR) is 116 cm³/mol. The van der Waals surface area contributed by atoms with Gasteiger partial charge in [0.2, 0.25) is 0 Å². The van der Waals surface area contributed by atoms with Crippen LogP contribution in [0.15, 0.2) is 76.7 Å². The molecule has 0 saturated carbocycles. The number of halogens is 3. The van der Waals surface area contributed by atoms with Crippen molar-refractivity contribution in [2.24, 2.45) is 0 Å². The molecule has 0 atom stereocenters. The first-order valence-corrected chi connectivity index (χ1v) is 11.3. The van der Waals surface area contributed by atoms with Gasteiger partial charge in [-0.3, -0.25) is 9.78 Å². The highest BCUT2D eigenvalue weighted by Crippen LogP contribution is 2.37. The van der Waals surface area contributed by atoms with Gasteiger partial charge in [-0.1, -0.05) is 37.3 Å². The fraction of sp³-hybridized carbons (Fsp3) is 0.130. The minimum Gasteiger partial charge on any atom is -0.327 e. The number of nitrogens with one attached hydrogen (secondary N) is 1. The fourth-order valence-electron chi connectivity index (χ4n) is 3.54. The smallest absolute Gasteiger partial charge is 0.327 e. The van der Waals surface area contributed by atoms with Gasteiger partial charge in [0.15, 0.2) is 9.84 Å². The van der Waals surface area contributed by atoms with Crippen LogP contribution >= 0.6 is 0 Å². The molecule has 4 aromatic rings. The molecule has 2 heterocycles. The quantitative estimate of drug-likeness (QED) is 0.463. The first-order chi connectivity index (χ1) is 15.1. The lowest BCUT2D eigenvalue weighted by Crippen LogP contribution is -2.12. The van der Waals surface area contributed by atoms with E-state index in [0.29, 0.717) is 22.1 Å². The number of hydrogen-bond donors (Lipinski definition) is 1. The third kappa shape index (κ3) is 3.91. The maximum atomic E-state index is 13.4. The number of alkyl halides is 3. The van der Waals surface area contributed by atoms with E-state index in [4.69, 9.17) is 0 Å². The van der Waals surface area contributed by atoms with Crippen LogP contribution in [0.2, 0.25) is 0 Å². The standard InChI is InChI=1S/C23H17F3N2O3S/c1-2-32(30,31)16-12-19(22(29)28-13-16)15-6-3-5-14(11-15)17-9-10-27-21-18(17)7-4-8-20(21)23(24,25)26/h3-13H,2H2,1H3,(H,28,29). The number of aromatic amines is 1. The van der Waals surface area contributed by atoms with E-state index >= 15 is 0 Å². The van der Waals surface area contributed by atoms with Crippen LogP contribution in [-0.4, -0.2) is 24.1 Å². The van der Waals surface area contributed by atoms with E-state index in [0.717, 1.165) is 12.3 Å². The van der Waals surface area contributed by atoms with Gasteiger partial charge in [-0.15, -0.1) is 0 Å². The summed E-state index contributed by atoms with van der Waals surface area (Å²) >= 11 is 0. The first-order valence-electron chi connectivity index (χ1n) is 9.63. The zero-order valence-corrected chi connectivity index (χ0v) is 17.6. The number of aromatic nitrogens is 2. The molecule has 0 amide bonds. The van der Waals surface area contributed by atoms with E-state index in [1.165, 1.54) is 25.3 Å². The Labute approximate surface area is 181 Å². The molecular formula is C23H17F3N2O3S. The molecule has 0 fully saturated rings. The third-order valence-electron chi connectivity index (χ3n) is 5.18. The van der Waals surface area contributed by atoms with Gasteiger partial charge in [0.05, 0.1) is 21.7 Å². The molecule has 164 valence electrons. The maximum absolute atomic E-state index is 13.4. The Balaban J connectivity index is 1.90. The van der Waals surface area contributed by atoms with Gasteiger partial charge in [0.25, 0.3) is 5.56 Å². The van der Waals surface area contributed by atoms with Crippen molar-refractivity contribution in [2.75, 3.05) is 5.75 Å². The van der Waals surface area contributed by atoms with E-state index in [1.54, 1.807) is 36.4 Å². The second-order valence-electron chi connectivity index (χ2n) is 7.12. The van der Waals surface area contributed by atoms with Gasteiger partial charge in [0.1, 0.15) is 0 Å². The summed E-state index contributed by atoms with van der Waals surface area (Å²) in [5.41, 5.74) is 0.188. The monoisotopic (exact) mass is 458 g/mol. The van der Waals surface area contributed by atoms with Crippen LogP contribution in [0, 0.1) is 0 Å². The van der Waals surface area contributed by atoms with Gasteiger partial charge in [-0.2, -0.15) is 13.2 Å². The Morgan fingerprint density at radius 3 is 2.34 bits per heavy atom. The second kappa shape index (κ2) is 7.90. The Morgan fingerprint density at radius 2 is 1.66 bits per heavy atom. The summed E-state index contributed by atoms with van der Waals surface area (Å²) in [7, 11) is -3.54. The number of nitrogens with zero attached hydrogens (tertiary/aromatic N) is 1. The molecule has 1 N–H and O–H groups in total. The van der Waals surface area contributed by atoms with Crippen molar-refractivity contribution in [3.8, 4) is 22.3 Å². The number of para-hydroxylation sites is 1. The highest BCUT2D eigenvalue weighted by molar-refractivity contribution is 7.91.